The third-order valence-electron chi connectivity index (χ3n) is 2.84. The molecule has 0 aliphatic carbocycles. The van der Waals surface area contributed by atoms with Gasteiger partial charge in [0.25, 0.3) is 5.91 Å². The Balaban J connectivity index is 2.59. The van der Waals surface area contributed by atoms with Gasteiger partial charge in [-0.05, 0) is 25.1 Å². The molecule has 0 unspecified atom stereocenters. The average Bonchev–Trinajstić information content (AvgIpc) is 2.58. The molecule has 0 aliphatic rings. The van der Waals surface area contributed by atoms with Crippen LogP contribution in [0.4, 0.5) is 10.5 Å². The summed E-state index contributed by atoms with van der Waals surface area (Å²) in [5.41, 5.74) is 0.211. The zero-order valence-corrected chi connectivity index (χ0v) is 14.6. The molecule has 25 heavy (non-hydrogen) atoms. The number of halogens is 1. The summed E-state index contributed by atoms with van der Waals surface area (Å²) in [6.45, 7) is 2.58. The molecular formula is C16H19ClN4O4. The Hall–Kier alpha value is -2.92. The van der Waals surface area contributed by atoms with Crippen molar-refractivity contribution in [1.29, 1.82) is 5.26 Å². The van der Waals surface area contributed by atoms with Crippen LogP contribution in [0, 0.1) is 11.3 Å². The Morgan fingerprint density at radius 2 is 2.12 bits per heavy atom. The van der Waals surface area contributed by atoms with E-state index in [1.54, 1.807) is 25.1 Å². The molecule has 0 saturated heterocycles. The van der Waals surface area contributed by atoms with E-state index in [9.17, 15) is 9.59 Å². The SMILES string of the molecule is CCOC(=O)NCCN/C=C(/C#N)C(=O)Nc1cc(Cl)ccc1OC. The first-order valence-electron chi connectivity index (χ1n) is 7.41. The topological polar surface area (TPSA) is 112 Å². The van der Waals surface area contributed by atoms with E-state index in [1.807, 2.05) is 0 Å². The van der Waals surface area contributed by atoms with Gasteiger partial charge in [-0.15, -0.1) is 0 Å². The Kier molecular flexibility index (Phi) is 8.68. The maximum absolute atomic E-state index is 12.1. The van der Waals surface area contributed by atoms with E-state index in [1.165, 1.54) is 19.4 Å². The maximum atomic E-state index is 12.1. The standard InChI is InChI=1S/C16H19ClN4O4/c1-3-25-16(23)20-7-6-19-10-11(9-18)15(22)21-13-8-12(17)4-5-14(13)24-2/h4-5,8,10,19H,3,6-7H2,1-2H3,(H,20,23)(H,21,22)/b11-10-. The number of rotatable bonds is 8. The number of alkyl carbamates (subject to hydrolysis) is 1. The highest BCUT2D eigenvalue weighted by molar-refractivity contribution is 6.31. The fourth-order valence-electron chi connectivity index (χ4n) is 1.71. The Bertz CT molecular complexity index is 685. The monoisotopic (exact) mass is 366 g/mol. The number of nitrogens with one attached hydrogen (secondary N) is 3. The summed E-state index contributed by atoms with van der Waals surface area (Å²) in [7, 11) is 1.46. The second kappa shape index (κ2) is 10.8. The highest BCUT2D eigenvalue weighted by Crippen LogP contribution is 2.27. The minimum absolute atomic E-state index is 0.141. The molecule has 134 valence electrons. The van der Waals surface area contributed by atoms with Crippen molar-refractivity contribution in [2.45, 2.75) is 6.92 Å². The van der Waals surface area contributed by atoms with E-state index in [4.69, 9.17) is 26.3 Å². The fourth-order valence-corrected chi connectivity index (χ4v) is 1.88. The lowest BCUT2D eigenvalue weighted by atomic mass is 10.2. The minimum Gasteiger partial charge on any atom is -0.495 e. The number of ether oxygens (including phenoxy) is 2. The third-order valence-corrected chi connectivity index (χ3v) is 3.07. The lowest BCUT2D eigenvalue weighted by molar-refractivity contribution is -0.112. The van der Waals surface area contributed by atoms with Crippen LogP contribution in [0.2, 0.25) is 5.02 Å². The Labute approximate surface area is 150 Å². The Morgan fingerprint density at radius 3 is 2.76 bits per heavy atom. The van der Waals surface area contributed by atoms with Crippen LogP contribution >= 0.6 is 11.6 Å². The molecule has 2 amide bonds. The van der Waals surface area contributed by atoms with Crippen molar-refractivity contribution in [2.75, 3.05) is 32.1 Å². The molecule has 9 heteroatoms. The van der Waals surface area contributed by atoms with Gasteiger partial charge in [0, 0.05) is 24.3 Å². The first-order valence-corrected chi connectivity index (χ1v) is 7.78. The van der Waals surface area contributed by atoms with Crippen LogP contribution in [0.3, 0.4) is 0 Å². The summed E-state index contributed by atoms with van der Waals surface area (Å²) >= 11 is 5.89. The van der Waals surface area contributed by atoms with Crippen molar-refractivity contribution >= 4 is 29.3 Å². The summed E-state index contributed by atoms with van der Waals surface area (Å²) in [5, 5.41) is 17.3. The number of anilines is 1. The molecule has 0 saturated carbocycles. The third kappa shape index (κ3) is 7.01. The predicted molar refractivity (Wildman–Crippen MR) is 93.4 cm³/mol. The normalized spacial score (nSPS) is 10.4. The molecule has 1 aromatic rings. The summed E-state index contributed by atoms with van der Waals surface area (Å²) in [6, 6.07) is 6.54. The van der Waals surface area contributed by atoms with Gasteiger partial charge in [0.2, 0.25) is 0 Å². The quantitative estimate of drug-likeness (QED) is 0.368. The van der Waals surface area contributed by atoms with Gasteiger partial charge >= 0.3 is 6.09 Å². The molecule has 0 atom stereocenters. The summed E-state index contributed by atoms with van der Waals surface area (Å²) < 4.78 is 9.82. The highest BCUT2D eigenvalue weighted by atomic mass is 35.5. The van der Waals surface area contributed by atoms with Crippen molar-refractivity contribution in [3.8, 4) is 11.8 Å². The number of nitriles is 1. The molecule has 0 aromatic heterocycles. The van der Waals surface area contributed by atoms with Crippen LogP contribution in [-0.2, 0) is 9.53 Å². The van der Waals surface area contributed by atoms with E-state index in [2.05, 4.69) is 16.0 Å². The first kappa shape index (κ1) is 20.1. The van der Waals surface area contributed by atoms with Crippen LogP contribution < -0.4 is 20.7 Å². The van der Waals surface area contributed by atoms with E-state index in [0.29, 0.717) is 23.0 Å². The van der Waals surface area contributed by atoms with Crippen LogP contribution in [0.1, 0.15) is 6.92 Å². The zero-order valence-electron chi connectivity index (χ0n) is 13.9. The second-order valence-corrected chi connectivity index (χ2v) is 5.01. The van der Waals surface area contributed by atoms with Crippen LogP contribution in [0.5, 0.6) is 5.75 Å². The van der Waals surface area contributed by atoms with Crippen molar-refractivity contribution in [2.24, 2.45) is 0 Å². The smallest absolute Gasteiger partial charge is 0.407 e. The first-order chi connectivity index (χ1) is 12.0. The van der Waals surface area contributed by atoms with Gasteiger partial charge in [0.15, 0.2) is 0 Å². The van der Waals surface area contributed by atoms with Crippen molar-refractivity contribution in [3.63, 3.8) is 0 Å². The lowest BCUT2D eigenvalue weighted by Gasteiger charge is -2.10. The van der Waals surface area contributed by atoms with Crippen molar-refractivity contribution in [1.82, 2.24) is 10.6 Å². The number of amides is 2. The number of hydrogen-bond acceptors (Lipinski definition) is 6. The summed E-state index contributed by atoms with van der Waals surface area (Å²) in [6.07, 6.45) is 0.735. The number of nitrogens with zero attached hydrogens (tertiary/aromatic N) is 1. The lowest BCUT2D eigenvalue weighted by Crippen LogP contribution is -2.31. The van der Waals surface area contributed by atoms with E-state index in [0.717, 1.165) is 0 Å². The molecule has 0 radical (unpaired) electrons. The van der Waals surface area contributed by atoms with E-state index < -0.39 is 12.0 Å². The van der Waals surface area contributed by atoms with Gasteiger partial charge in [0.05, 0.1) is 19.4 Å². The van der Waals surface area contributed by atoms with Crippen LogP contribution in [-0.4, -0.2) is 38.8 Å². The Morgan fingerprint density at radius 1 is 1.36 bits per heavy atom. The van der Waals surface area contributed by atoms with Crippen LogP contribution in [0.15, 0.2) is 30.0 Å². The highest BCUT2D eigenvalue weighted by Gasteiger charge is 2.12. The van der Waals surface area contributed by atoms with E-state index in [-0.39, 0.29) is 18.7 Å². The fraction of sp³-hybridized carbons (Fsp3) is 0.312. The average molecular weight is 367 g/mol. The molecule has 0 aliphatic heterocycles. The molecule has 1 rings (SSSR count). The van der Waals surface area contributed by atoms with Gasteiger partial charge in [-0.1, -0.05) is 11.6 Å². The molecule has 0 fully saturated rings. The molecule has 8 nitrogen and oxygen atoms in total. The van der Waals surface area contributed by atoms with Crippen molar-refractivity contribution in [3.05, 3.63) is 35.0 Å². The minimum atomic E-state index is -0.617. The van der Waals surface area contributed by atoms with Gasteiger partial charge in [-0.3, -0.25) is 4.79 Å². The van der Waals surface area contributed by atoms with Gasteiger partial charge in [-0.2, -0.15) is 5.26 Å². The molecule has 3 N–H and O–H groups in total. The largest absolute Gasteiger partial charge is 0.495 e. The van der Waals surface area contributed by atoms with Crippen LogP contribution in [0.25, 0.3) is 0 Å². The number of carbonyl (C=O) groups excluding carboxylic acids is 2. The molecule has 0 spiro atoms. The zero-order chi connectivity index (χ0) is 18.7. The molecule has 0 bridgehead atoms. The van der Waals surface area contributed by atoms with E-state index >= 15 is 0 Å². The number of methoxy groups -OCH3 is 1. The summed E-state index contributed by atoms with van der Waals surface area (Å²) in [5.74, 6) is -0.199. The number of benzene rings is 1. The van der Waals surface area contributed by atoms with Gasteiger partial charge < -0.3 is 25.4 Å². The predicted octanol–water partition coefficient (Wildman–Crippen LogP) is 2.03. The summed E-state index contributed by atoms with van der Waals surface area (Å²) in [4.78, 5) is 23.2. The molecular weight excluding hydrogens is 348 g/mol. The molecule has 0 heterocycles. The van der Waals surface area contributed by atoms with Crippen molar-refractivity contribution < 1.29 is 19.1 Å². The molecule has 1 aromatic carbocycles. The number of hydrogen-bond donors (Lipinski definition) is 3. The number of carbonyl (C=O) groups is 2. The maximum Gasteiger partial charge on any atom is 0.407 e. The van der Waals surface area contributed by atoms with Gasteiger partial charge in [-0.25, -0.2) is 4.79 Å². The van der Waals surface area contributed by atoms with Gasteiger partial charge in [0.1, 0.15) is 17.4 Å². The second-order valence-electron chi connectivity index (χ2n) is 4.57.